The molecule has 2 N–H and O–H groups in total. The maximum atomic E-state index is 11.4. The zero-order chi connectivity index (χ0) is 17.1. The molecule has 2 heterocycles. The molecular weight excluding hydrogens is 306 g/mol. The van der Waals surface area contributed by atoms with E-state index in [1.54, 1.807) is 0 Å². The summed E-state index contributed by atoms with van der Waals surface area (Å²) in [6.07, 6.45) is 1.05. The van der Waals surface area contributed by atoms with E-state index in [-0.39, 0.29) is 18.6 Å². The number of aromatic nitrogens is 3. The number of hydrogen-bond acceptors (Lipinski definition) is 5. The first-order valence-electron chi connectivity index (χ1n) is 8.27. The molecule has 1 aromatic carbocycles. The molecule has 2 aromatic rings. The summed E-state index contributed by atoms with van der Waals surface area (Å²) in [5, 5.41) is 14.7. The van der Waals surface area contributed by atoms with Crippen molar-refractivity contribution in [2.45, 2.75) is 46.3 Å². The predicted octanol–water partition coefficient (Wildman–Crippen LogP) is 2.18. The summed E-state index contributed by atoms with van der Waals surface area (Å²) >= 11 is 0. The van der Waals surface area contributed by atoms with Gasteiger partial charge in [-0.15, -0.1) is 10.2 Å². The van der Waals surface area contributed by atoms with E-state index in [0.717, 1.165) is 35.9 Å². The summed E-state index contributed by atoms with van der Waals surface area (Å²) in [6, 6.07) is 5.97. The number of nitrogens with one attached hydrogen (secondary N) is 2. The van der Waals surface area contributed by atoms with Crippen molar-refractivity contribution in [2.75, 3.05) is 11.9 Å². The van der Waals surface area contributed by atoms with Gasteiger partial charge >= 0.3 is 0 Å². The Labute approximate surface area is 141 Å². The molecule has 0 bridgehead atoms. The van der Waals surface area contributed by atoms with Crippen molar-refractivity contribution >= 4 is 11.6 Å². The van der Waals surface area contributed by atoms with Crippen LogP contribution in [0.4, 0.5) is 5.69 Å². The highest BCUT2D eigenvalue weighted by Crippen LogP contribution is 2.30. The molecule has 0 fully saturated rings. The highest BCUT2D eigenvalue weighted by atomic mass is 16.5. The number of nitrogens with zero attached hydrogens (tertiary/aromatic N) is 3. The monoisotopic (exact) mass is 329 g/mol. The summed E-state index contributed by atoms with van der Waals surface area (Å²) < 4.78 is 7.53. The second-order valence-electron chi connectivity index (χ2n) is 6.01. The molecule has 0 saturated heterocycles. The molecule has 0 radical (unpaired) electrons. The van der Waals surface area contributed by atoms with Gasteiger partial charge in [-0.3, -0.25) is 4.79 Å². The lowest BCUT2D eigenvalue weighted by atomic mass is 10.1. The number of carbonyl (C=O) groups excluding carboxylic acids is 1. The quantitative estimate of drug-likeness (QED) is 0.849. The van der Waals surface area contributed by atoms with Crippen LogP contribution in [0.25, 0.3) is 0 Å². The van der Waals surface area contributed by atoms with Gasteiger partial charge in [0.05, 0.1) is 12.2 Å². The van der Waals surface area contributed by atoms with Crippen molar-refractivity contribution in [3.05, 3.63) is 35.4 Å². The van der Waals surface area contributed by atoms with Gasteiger partial charge in [0.25, 0.3) is 5.91 Å². The molecule has 1 aliphatic rings. The topological polar surface area (TPSA) is 81.1 Å². The molecule has 1 atom stereocenters. The second kappa shape index (κ2) is 7.00. The molecular formula is C17H23N5O2. The molecule has 0 spiro atoms. The maximum absolute atomic E-state index is 11.4. The van der Waals surface area contributed by atoms with Gasteiger partial charge in [0.2, 0.25) is 0 Å². The Morgan fingerprint density at radius 1 is 1.42 bits per heavy atom. The van der Waals surface area contributed by atoms with Crippen LogP contribution in [0.2, 0.25) is 0 Å². The normalized spacial score (nSPS) is 14.7. The van der Waals surface area contributed by atoms with Gasteiger partial charge in [-0.25, -0.2) is 0 Å². The third kappa shape index (κ3) is 3.41. The molecule has 1 aliphatic heterocycles. The van der Waals surface area contributed by atoms with Crippen LogP contribution in [0.3, 0.4) is 0 Å². The number of ether oxygens (including phenoxy) is 1. The number of benzene rings is 1. The van der Waals surface area contributed by atoms with E-state index in [1.165, 1.54) is 0 Å². The van der Waals surface area contributed by atoms with Crippen LogP contribution < -0.4 is 15.4 Å². The zero-order valence-electron chi connectivity index (χ0n) is 14.3. The van der Waals surface area contributed by atoms with Crippen LogP contribution in [0.1, 0.15) is 43.5 Å². The molecule has 24 heavy (non-hydrogen) atoms. The highest BCUT2D eigenvalue weighted by Gasteiger charge is 2.18. The van der Waals surface area contributed by atoms with Crippen molar-refractivity contribution in [1.82, 2.24) is 20.1 Å². The van der Waals surface area contributed by atoms with Crippen molar-refractivity contribution < 1.29 is 9.53 Å². The van der Waals surface area contributed by atoms with Crippen LogP contribution >= 0.6 is 0 Å². The van der Waals surface area contributed by atoms with Crippen molar-refractivity contribution in [3.8, 4) is 5.75 Å². The minimum absolute atomic E-state index is 0.0760. The highest BCUT2D eigenvalue weighted by molar-refractivity contribution is 5.95. The molecule has 0 aliphatic carbocycles. The first-order valence-corrected chi connectivity index (χ1v) is 8.27. The van der Waals surface area contributed by atoms with Crippen molar-refractivity contribution in [1.29, 1.82) is 0 Å². The Hall–Kier alpha value is -2.41. The van der Waals surface area contributed by atoms with Gasteiger partial charge in [-0.1, -0.05) is 13.0 Å². The number of aryl methyl sites for hydroxylation is 1. The third-order valence-electron chi connectivity index (χ3n) is 4.16. The lowest BCUT2D eigenvalue weighted by molar-refractivity contribution is -0.118. The van der Waals surface area contributed by atoms with Gasteiger partial charge in [0.15, 0.2) is 6.61 Å². The predicted molar refractivity (Wildman–Crippen MR) is 90.9 cm³/mol. The smallest absolute Gasteiger partial charge is 0.262 e. The summed E-state index contributed by atoms with van der Waals surface area (Å²) in [5.74, 6) is 2.47. The average molecular weight is 329 g/mol. The van der Waals surface area contributed by atoms with E-state index >= 15 is 0 Å². The third-order valence-corrected chi connectivity index (χ3v) is 4.16. The van der Waals surface area contributed by atoms with E-state index in [9.17, 15) is 4.79 Å². The Morgan fingerprint density at radius 3 is 3.04 bits per heavy atom. The Morgan fingerprint density at radius 2 is 2.25 bits per heavy atom. The standard InChI is InChI=1S/C17H23N5O2/c1-4-7-22-12(3)20-21-16(22)9-18-11(2)13-5-6-15-14(8-13)19-17(23)10-24-15/h5-6,8,11,18H,4,7,9-10H2,1-3H3,(H,19,23)/t11-/m0/s1. The van der Waals surface area contributed by atoms with Crippen molar-refractivity contribution in [2.24, 2.45) is 0 Å². The number of carbonyl (C=O) groups is 1. The minimum Gasteiger partial charge on any atom is -0.482 e. The Balaban J connectivity index is 1.68. The zero-order valence-corrected chi connectivity index (χ0v) is 14.3. The molecule has 1 amide bonds. The number of anilines is 1. The summed E-state index contributed by atoms with van der Waals surface area (Å²) in [7, 11) is 0. The summed E-state index contributed by atoms with van der Waals surface area (Å²) in [5.41, 5.74) is 1.81. The molecule has 1 aromatic heterocycles. The van der Waals surface area contributed by atoms with Crippen LogP contribution in [0.5, 0.6) is 5.75 Å². The number of amides is 1. The molecule has 3 rings (SSSR count). The lowest BCUT2D eigenvalue weighted by Gasteiger charge is -2.21. The fraction of sp³-hybridized carbons (Fsp3) is 0.471. The number of fused-ring (bicyclic) bond motifs is 1. The van der Waals surface area contributed by atoms with E-state index in [2.05, 4.69) is 39.2 Å². The van der Waals surface area contributed by atoms with Crippen LogP contribution in [0.15, 0.2) is 18.2 Å². The Bertz CT molecular complexity index is 741. The first kappa shape index (κ1) is 16.4. The minimum atomic E-state index is -0.122. The van der Waals surface area contributed by atoms with Crippen LogP contribution in [-0.2, 0) is 17.9 Å². The van der Waals surface area contributed by atoms with E-state index in [4.69, 9.17) is 4.74 Å². The van der Waals surface area contributed by atoms with Gasteiger partial charge in [0, 0.05) is 12.6 Å². The lowest BCUT2D eigenvalue weighted by Crippen LogP contribution is -2.26. The van der Waals surface area contributed by atoms with E-state index in [0.29, 0.717) is 12.3 Å². The molecule has 0 saturated carbocycles. The van der Waals surface area contributed by atoms with Crippen LogP contribution in [0, 0.1) is 6.92 Å². The molecule has 7 heteroatoms. The van der Waals surface area contributed by atoms with E-state index < -0.39 is 0 Å². The number of hydrogen-bond donors (Lipinski definition) is 2. The van der Waals surface area contributed by atoms with Crippen LogP contribution in [-0.4, -0.2) is 27.3 Å². The van der Waals surface area contributed by atoms with Gasteiger partial charge < -0.3 is 19.9 Å². The average Bonchev–Trinajstić information content (AvgIpc) is 2.92. The summed E-state index contributed by atoms with van der Waals surface area (Å²) in [4.78, 5) is 11.4. The summed E-state index contributed by atoms with van der Waals surface area (Å²) in [6.45, 7) is 7.84. The molecule has 7 nitrogen and oxygen atoms in total. The van der Waals surface area contributed by atoms with Crippen molar-refractivity contribution in [3.63, 3.8) is 0 Å². The fourth-order valence-electron chi connectivity index (χ4n) is 2.80. The molecule has 128 valence electrons. The first-order chi connectivity index (χ1) is 11.6. The van der Waals surface area contributed by atoms with Gasteiger partial charge in [-0.2, -0.15) is 0 Å². The van der Waals surface area contributed by atoms with E-state index in [1.807, 2.05) is 25.1 Å². The SMILES string of the molecule is CCCn1c(C)nnc1CN[C@@H](C)c1ccc2c(c1)NC(=O)CO2. The molecule has 0 unspecified atom stereocenters. The second-order valence-corrected chi connectivity index (χ2v) is 6.01. The van der Waals surface area contributed by atoms with Gasteiger partial charge in [0.1, 0.15) is 17.4 Å². The fourth-order valence-corrected chi connectivity index (χ4v) is 2.80. The number of rotatable bonds is 6. The Kier molecular flexibility index (Phi) is 4.80. The maximum Gasteiger partial charge on any atom is 0.262 e. The largest absolute Gasteiger partial charge is 0.482 e. The van der Waals surface area contributed by atoms with Gasteiger partial charge in [-0.05, 0) is 38.0 Å².